The van der Waals surface area contributed by atoms with Gasteiger partial charge in [-0.2, -0.15) is 5.10 Å². The lowest BCUT2D eigenvalue weighted by molar-refractivity contribution is 0.0955. The molecule has 3 rings (SSSR count). The minimum atomic E-state index is -0.216. The molecule has 0 spiro atoms. The summed E-state index contributed by atoms with van der Waals surface area (Å²) in [6.07, 6.45) is 1.64. The van der Waals surface area contributed by atoms with Gasteiger partial charge in [0.15, 0.2) is 0 Å². The molecule has 0 bridgehead atoms. The van der Waals surface area contributed by atoms with Crippen LogP contribution in [0, 0.1) is 0 Å². The van der Waals surface area contributed by atoms with Gasteiger partial charge in [-0.15, -0.1) is 0 Å². The van der Waals surface area contributed by atoms with Crippen LogP contribution >= 0.6 is 0 Å². The van der Waals surface area contributed by atoms with E-state index in [4.69, 9.17) is 4.74 Å². The molecule has 0 aliphatic carbocycles. The highest BCUT2D eigenvalue weighted by atomic mass is 16.5. The topological polar surface area (TPSA) is 53.9 Å². The van der Waals surface area contributed by atoms with Crippen molar-refractivity contribution in [2.24, 2.45) is 5.10 Å². The highest BCUT2D eigenvalue weighted by Gasteiger charge is 2.10. The summed E-state index contributed by atoms with van der Waals surface area (Å²) in [7, 11) is 0. The second kappa shape index (κ2) is 7.56. The number of benzene rings is 2. The van der Waals surface area contributed by atoms with Gasteiger partial charge in [0.25, 0.3) is 5.91 Å². The number of carbonyl (C=O) groups is 1. The first-order valence-electron chi connectivity index (χ1n) is 7.64. The largest absolute Gasteiger partial charge is 0.378 e. The van der Waals surface area contributed by atoms with Crippen molar-refractivity contribution in [1.29, 1.82) is 0 Å². The fourth-order valence-electron chi connectivity index (χ4n) is 2.41. The van der Waals surface area contributed by atoms with Crippen LogP contribution in [-0.2, 0) is 4.74 Å². The van der Waals surface area contributed by atoms with E-state index in [-0.39, 0.29) is 5.91 Å². The van der Waals surface area contributed by atoms with Crippen molar-refractivity contribution in [3.8, 4) is 0 Å². The van der Waals surface area contributed by atoms with E-state index < -0.39 is 0 Å². The fraction of sp³-hybridized carbons (Fsp3) is 0.222. The van der Waals surface area contributed by atoms with Crippen LogP contribution in [0.1, 0.15) is 15.9 Å². The summed E-state index contributed by atoms with van der Waals surface area (Å²) in [5, 5.41) is 4.00. The SMILES string of the molecule is O=C(N/N=C\c1ccc(N2CCOCC2)cc1)c1ccccc1. The van der Waals surface area contributed by atoms with Crippen molar-refractivity contribution < 1.29 is 9.53 Å². The van der Waals surface area contributed by atoms with Crippen molar-refractivity contribution in [2.45, 2.75) is 0 Å². The van der Waals surface area contributed by atoms with Crippen LogP contribution in [0.3, 0.4) is 0 Å². The number of ether oxygens (including phenoxy) is 1. The number of rotatable bonds is 4. The molecule has 5 heteroatoms. The van der Waals surface area contributed by atoms with Gasteiger partial charge in [0, 0.05) is 24.3 Å². The Morgan fingerprint density at radius 1 is 1.04 bits per heavy atom. The van der Waals surface area contributed by atoms with Crippen LogP contribution in [0.15, 0.2) is 59.7 Å². The fourth-order valence-corrected chi connectivity index (χ4v) is 2.41. The first kappa shape index (κ1) is 15.2. The molecule has 1 saturated heterocycles. The predicted molar refractivity (Wildman–Crippen MR) is 91.0 cm³/mol. The van der Waals surface area contributed by atoms with E-state index in [0.29, 0.717) is 5.56 Å². The minimum Gasteiger partial charge on any atom is -0.378 e. The first-order valence-corrected chi connectivity index (χ1v) is 7.64. The molecule has 118 valence electrons. The van der Waals surface area contributed by atoms with E-state index in [1.165, 1.54) is 5.69 Å². The number of morpholine rings is 1. The molecule has 1 amide bonds. The van der Waals surface area contributed by atoms with Crippen LogP contribution in [0.5, 0.6) is 0 Å². The Kier molecular flexibility index (Phi) is 5.01. The van der Waals surface area contributed by atoms with Gasteiger partial charge in [-0.05, 0) is 29.8 Å². The molecule has 1 aliphatic rings. The number of anilines is 1. The van der Waals surface area contributed by atoms with Crippen LogP contribution in [0.25, 0.3) is 0 Å². The zero-order valence-corrected chi connectivity index (χ0v) is 12.8. The summed E-state index contributed by atoms with van der Waals surface area (Å²) < 4.78 is 5.35. The third-order valence-corrected chi connectivity index (χ3v) is 3.69. The Labute approximate surface area is 135 Å². The molecular formula is C18H19N3O2. The molecule has 0 atom stereocenters. The Bertz CT molecular complexity index is 662. The lowest BCUT2D eigenvalue weighted by Crippen LogP contribution is -2.36. The third-order valence-electron chi connectivity index (χ3n) is 3.69. The standard InChI is InChI=1S/C18H19N3O2/c22-18(16-4-2-1-3-5-16)20-19-14-15-6-8-17(9-7-15)21-10-12-23-13-11-21/h1-9,14H,10-13H2,(H,20,22)/b19-14-. The average molecular weight is 309 g/mol. The van der Waals surface area contributed by atoms with E-state index >= 15 is 0 Å². The summed E-state index contributed by atoms with van der Waals surface area (Å²) in [4.78, 5) is 14.1. The van der Waals surface area contributed by atoms with Gasteiger partial charge in [0.1, 0.15) is 0 Å². The maximum Gasteiger partial charge on any atom is 0.271 e. The second-order valence-electron chi connectivity index (χ2n) is 5.26. The van der Waals surface area contributed by atoms with Gasteiger partial charge in [0.2, 0.25) is 0 Å². The lowest BCUT2D eigenvalue weighted by Gasteiger charge is -2.28. The quantitative estimate of drug-likeness (QED) is 0.696. The molecule has 1 heterocycles. The zero-order chi connectivity index (χ0) is 15.9. The molecule has 2 aromatic carbocycles. The normalized spacial score (nSPS) is 14.9. The molecule has 0 radical (unpaired) electrons. The van der Waals surface area contributed by atoms with Gasteiger partial charge < -0.3 is 9.64 Å². The van der Waals surface area contributed by atoms with Crippen molar-refractivity contribution in [3.05, 3.63) is 65.7 Å². The van der Waals surface area contributed by atoms with Gasteiger partial charge in [-0.1, -0.05) is 30.3 Å². The number of carbonyl (C=O) groups excluding carboxylic acids is 1. The molecule has 1 aliphatic heterocycles. The Hall–Kier alpha value is -2.66. The average Bonchev–Trinajstić information content (AvgIpc) is 2.64. The number of nitrogens with zero attached hydrogens (tertiary/aromatic N) is 2. The van der Waals surface area contributed by atoms with E-state index in [2.05, 4.69) is 27.6 Å². The zero-order valence-electron chi connectivity index (χ0n) is 12.8. The monoisotopic (exact) mass is 309 g/mol. The van der Waals surface area contributed by atoms with Crippen molar-refractivity contribution in [1.82, 2.24) is 5.43 Å². The maximum atomic E-state index is 11.9. The third kappa shape index (κ3) is 4.17. The summed E-state index contributed by atoms with van der Waals surface area (Å²) in [5.41, 5.74) is 5.24. The number of hydrazone groups is 1. The molecule has 0 unspecified atom stereocenters. The van der Waals surface area contributed by atoms with Gasteiger partial charge in [0.05, 0.1) is 19.4 Å². The van der Waals surface area contributed by atoms with Gasteiger partial charge in [-0.3, -0.25) is 4.79 Å². The van der Waals surface area contributed by atoms with Gasteiger partial charge in [-0.25, -0.2) is 5.43 Å². The summed E-state index contributed by atoms with van der Waals surface area (Å²) in [6, 6.07) is 17.1. The van der Waals surface area contributed by atoms with Crippen LogP contribution in [0.4, 0.5) is 5.69 Å². The molecule has 1 N–H and O–H groups in total. The second-order valence-corrected chi connectivity index (χ2v) is 5.26. The number of hydrogen-bond donors (Lipinski definition) is 1. The van der Waals surface area contributed by atoms with E-state index in [1.54, 1.807) is 18.3 Å². The van der Waals surface area contributed by atoms with Crippen molar-refractivity contribution in [2.75, 3.05) is 31.2 Å². The van der Waals surface area contributed by atoms with Gasteiger partial charge >= 0.3 is 0 Å². The summed E-state index contributed by atoms with van der Waals surface area (Å²) >= 11 is 0. The Morgan fingerprint density at radius 2 is 1.74 bits per heavy atom. The van der Waals surface area contributed by atoms with Crippen molar-refractivity contribution in [3.63, 3.8) is 0 Å². The number of amides is 1. The minimum absolute atomic E-state index is 0.216. The highest BCUT2D eigenvalue weighted by molar-refractivity contribution is 5.94. The van der Waals surface area contributed by atoms with Crippen LogP contribution in [0.2, 0.25) is 0 Å². The number of hydrogen-bond acceptors (Lipinski definition) is 4. The molecule has 23 heavy (non-hydrogen) atoms. The highest BCUT2D eigenvalue weighted by Crippen LogP contribution is 2.15. The van der Waals surface area contributed by atoms with E-state index in [1.807, 2.05) is 30.3 Å². The van der Waals surface area contributed by atoms with Crippen LogP contribution in [-0.4, -0.2) is 38.4 Å². The molecular weight excluding hydrogens is 290 g/mol. The molecule has 0 saturated carbocycles. The maximum absolute atomic E-state index is 11.9. The Morgan fingerprint density at radius 3 is 2.43 bits per heavy atom. The van der Waals surface area contributed by atoms with Crippen LogP contribution < -0.4 is 10.3 Å². The molecule has 5 nitrogen and oxygen atoms in total. The first-order chi connectivity index (χ1) is 11.3. The molecule has 1 fully saturated rings. The smallest absolute Gasteiger partial charge is 0.271 e. The molecule has 2 aromatic rings. The summed E-state index contributed by atoms with van der Waals surface area (Å²) in [5.74, 6) is -0.216. The Balaban J connectivity index is 1.56. The van der Waals surface area contributed by atoms with Crippen molar-refractivity contribution >= 4 is 17.8 Å². The summed E-state index contributed by atoms with van der Waals surface area (Å²) in [6.45, 7) is 3.38. The number of nitrogens with one attached hydrogen (secondary N) is 1. The lowest BCUT2D eigenvalue weighted by atomic mass is 10.2. The van der Waals surface area contributed by atoms with E-state index in [0.717, 1.165) is 31.9 Å². The predicted octanol–water partition coefficient (Wildman–Crippen LogP) is 2.29. The van der Waals surface area contributed by atoms with E-state index in [9.17, 15) is 4.79 Å². The molecule has 0 aromatic heterocycles.